The minimum absolute atomic E-state index is 0.671. The highest BCUT2D eigenvalue weighted by molar-refractivity contribution is 5.54. The van der Waals surface area contributed by atoms with Crippen molar-refractivity contribution in [2.75, 3.05) is 18.2 Å². The van der Waals surface area contributed by atoms with Gasteiger partial charge >= 0.3 is 0 Å². The molecule has 0 radical (unpaired) electrons. The van der Waals surface area contributed by atoms with Crippen LogP contribution >= 0.6 is 0 Å². The number of para-hydroxylation sites is 1. The van der Waals surface area contributed by atoms with E-state index in [4.69, 9.17) is 4.74 Å². The van der Waals surface area contributed by atoms with Crippen LogP contribution in [0.4, 0.5) is 5.69 Å². The Morgan fingerprint density at radius 3 is 3.07 bits per heavy atom. The quantitative estimate of drug-likeness (QED) is 0.663. The lowest BCUT2D eigenvalue weighted by Gasteiger charge is -2.31. The molecule has 0 fully saturated rings. The average molecular weight is 189 g/mol. The standard InChI is InChI=1S/C12H15NO/c1-10(2)7-13-9-14-8-11-5-3-4-6-12(11)13/h3-6H,1,7-9H2,2H3. The number of hydrogen-bond acceptors (Lipinski definition) is 2. The molecule has 1 aliphatic heterocycles. The lowest BCUT2D eigenvalue weighted by Crippen LogP contribution is -2.32. The monoisotopic (exact) mass is 189 g/mol. The first-order valence-corrected chi connectivity index (χ1v) is 4.82. The highest BCUT2D eigenvalue weighted by Gasteiger charge is 2.15. The van der Waals surface area contributed by atoms with E-state index in [9.17, 15) is 0 Å². The van der Waals surface area contributed by atoms with Gasteiger partial charge in [-0.2, -0.15) is 0 Å². The molecule has 0 unspecified atom stereocenters. The normalized spacial score (nSPS) is 15.1. The lowest BCUT2D eigenvalue weighted by molar-refractivity contribution is 0.111. The predicted molar refractivity (Wildman–Crippen MR) is 58.3 cm³/mol. The van der Waals surface area contributed by atoms with Crippen molar-refractivity contribution < 1.29 is 4.74 Å². The van der Waals surface area contributed by atoms with E-state index >= 15 is 0 Å². The first kappa shape index (κ1) is 9.28. The third kappa shape index (κ3) is 1.80. The number of benzene rings is 1. The number of rotatable bonds is 2. The number of ether oxygens (including phenoxy) is 1. The molecule has 74 valence electrons. The topological polar surface area (TPSA) is 12.5 Å². The fourth-order valence-electron chi connectivity index (χ4n) is 1.73. The van der Waals surface area contributed by atoms with Gasteiger partial charge in [-0.3, -0.25) is 0 Å². The molecule has 0 aliphatic carbocycles. The molecule has 0 aromatic heterocycles. The number of fused-ring (bicyclic) bond motifs is 1. The fraction of sp³-hybridized carbons (Fsp3) is 0.333. The van der Waals surface area contributed by atoms with Crippen molar-refractivity contribution in [3.05, 3.63) is 42.0 Å². The minimum Gasteiger partial charge on any atom is -0.356 e. The van der Waals surface area contributed by atoms with Gasteiger partial charge in [0, 0.05) is 17.8 Å². The van der Waals surface area contributed by atoms with Crippen LogP contribution in [-0.2, 0) is 11.3 Å². The van der Waals surface area contributed by atoms with Crippen molar-refractivity contribution >= 4 is 5.69 Å². The SMILES string of the molecule is C=C(C)CN1COCc2ccccc21. The molecule has 0 saturated carbocycles. The van der Waals surface area contributed by atoms with Crippen LogP contribution < -0.4 is 4.90 Å². The van der Waals surface area contributed by atoms with Crippen molar-refractivity contribution in [3.8, 4) is 0 Å². The van der Waals surface area contributed by atoms with Crippen molar-refractivity contribution in [1.82, 2.24) is 0 Å². The van der Waals surface area contributed by atoms with Crippen LogP contribution in [0.3, 0.4) is 0 Å². The summed E-state index contributed by atoms with van der Waals surface area (Å²) in [6, 6.07) is 8.36. The van der Waals surface area contributed by atoms with Crippen molar-refractivity contribution in [2.45, 2.75) is 13.5 Å². The third-order valence-corrected chi connectivity index (χ3v) is 2.30. The molecule has 1 aromatic rings. The summed E-state index contributed by atoms with van der Waals surface area (Å²) < 4.78 is 5.49. The maximum absolute atomic E-state index is 5.49. The van der Waals surface area contributed by atoms with Gasteiger partial charge in [0.25, 0.3) is 0 Å². The van der Waals surface area contributed by atoms with Gasteiger partial charge in [0.2, 0.25) is 0 Å². The van der Waals surface area contributed by atoms with E-state index in [-0.39, 0.29) is 0 Å². The summed E-state index contributed by atoms with van der Waals surface area (Å²) in [6.45, 7) is 8.23. The summed E-state index contributed by atoms with van der Waals surface area (Å²) in [4.78, 5) is 2.21. The van der Waals surface area contributed by atoms with Crippen LogP contribution in [0.5, 0.6) is 0 Å². The van der Waals surface area contributed by atoms with Gasteiger partial charge in [-0.1, -0.05) is 30.4 Å². The van der Waals surface area contributed by atoms with Crippen LogP contribution in [0.15, 0.2) is 36.4 Å². The molecule has 1 aromatic carbocycles. The Kier molecular flexibility index (Phi) is 2.55. The van der Waals surface area contributed by atoms with E-state index in [0.29, 0.717) is 6.73 Å². The molecule has 0 saturated heterocycles. The Balaban J connectivity index is 2.26. The van der Waals surface area contributed by atoms with Crippen molar-refractivity contribution in [1.29, 1.82) is 0 Å². The van der Waals surface area contributed by atoms with Crippen LogP contribution in [0.1, 0.15) is 12.5 Å². The Bertz CT molecular complexity index is 346. The number of nitrogens with zero attached hydrogens (tertiary/aromatic N) is 1. The van der Waals surface area contributed by atoms with E-state index in [1.807, 2.05) is 13.0 Å². The van der Waals surface area contributed by atoms with Gasteiger partial charge in [0.1, 0.15) is 6.73 Å². The second kappa shape index (κ2) is 3.84. The van der Waals surface area contributed by atoms with Gasteiger partial charge in [-0.05, 0) is 13.0 Å². The first-order valence-electron chi connectivity index (χ1n) is 4.82. The molecule has 0 atom stereocenters. The van der Waals surface area contributed by atoms with E-state index < -0.39 is 0 Å². The van der Waals surface area contributed by atoms with Gasteiger partial charge < -0.3 is 9.64 Å². The van der Waals surface area contributed by atoms with Crippen LogP contribution in [0, 0.1) is 0 Å². The highest BCUT2D eigenvalue weighted by atomic mass is 16.5. The Labute approximate surface area is 84.8 Å². The summed E-state index contributed by atoms with van der Waals surface area (Å²) in [7, 11) is 0. The zero-order chi connectivity index (χ0) is 9.97. The lowest BCUT2D eigenvalue weighted by atomic mass is 10.1. The van der Waals surface area contributed by atoms with Crippen LogP contribution in [0.2, 0.25) is 0 Å². The first-order chi connectivity index (χ1) is 6.77. The van der Waals surface area contributed by atoms with Crippen molar-refractivity contribution in [3.63, 3.8) is 0 Å². The van der Waals surface area contributed by atoms with Gasteiger partial charge in [-0.15, -0.1) is 0 Å². The van der Waals surface area contributed by atoms with E-state index in [0.717, 1.165) is 18.7 Å². The van der Waals surface area contributed by atoms with Gasteiger partial charge in [0.15, 0.2) is 0 Å². The molecular weight excluding hydrogens is 174 g/mol. The smallest absolute Gasteiger partial charge is 0.119 e. The summed E-state index contributed by atoms with van der Waals surface area (Å²) in [6.07, 6.45) is 0. The second-order valence-electron chi connectivity index (χ2n) is 3.76. The molecule has 2 rings (SSSR count). The molecule has 1 heterocycles. The van der Waals surface area contributed by atoms with Crippen molar-refractivity contribution in [2.24, 2.45) is 0 Å². The maximum Gasteiger partial charge on any atom is 0.119 e. The molecule has 2 heteroatoms. The highest BCUT2D eigenvalue weighted by Crippen LogP contribution is 2.25. The van der Waals surface area contributed by atoms with Crippen LogP contribution in [0.25, 0.3) is 0 Å². The number of hydrogen-bond donors (Lipinski definition) is 0. The van der Waals surface area contributed by atoms with E-state index in [1.165, 1.54) is 11.3 Å². The summed E-state index contributed by atoms with van der Waals surface area (Å²) in [5.74, 6) is 0. The molecule has 1 aliphatic rings. The molecule has 14 heavy (non-hydrogen) atoms. The van der Waals surface area contributed by atoms with E-state index in [1.54, 1.807) is 0 Å². The van der Waals surface area contributed by atoms with Gasteiger partial charge in [0.05, 0.1) is 6.61 Å². The molecular formula is C12H15NO. The predicted octanol–water partition coefficient (Wildman–Crippen LogP) is 2.56. The summed E-state index contributed by atoms with van der Waals surface area (Å²) in [5.41, 5.74) is 3.70. The largest absolute Gasteiger partial charge is 0.356 e. The zero-order valence-corrected chi connectivity index (χ0v) is 8.49. The molecule has 0 spiro atoms. The Morgan fingerprint density at radius 2 is 2.29 bits per heavy atom. The fourth-order valence-corrected chi connectivity index (χ4v) is 1.73. The molecule has 2 nitrogen and oxygen atoms in total. The average Bonchev–Trinajstić information content (AvgIpc) is 2.18. The molecule has 0 amide bonds. The number of anilines is 1. The van der Waals surface area contributed by atoms with Crippen LogP contribution in [-0.4, -0.2) is 13.3 Å². The Morgan fingerprint density at radius 1 is 1.50 bits per heavy atom. The maximum atomic E-state index is 5.49. The molecule has 0 N–H and O–H groups in total. The summed E-state index contributed by atoms with van der Waals surface area (Å²) in [5, 5.41) is 0. The Hall–Kier alpha value is -1.28. The van der Waals surface area contributed by atoms with Gasteiger partial charge in [-0.25, -0.2) is 0 Å². The van der Waals surface area contributed by atoms with E-state index in [2.05, 4.69) is 29.7 Å². The second-order valence-corrected chi connectivity index (χ2v) is 3.76. The molecule has 0 bridgehead atoms. The minimum atomic E-state index is 0.671. The third-order valence-electron chi connectivity index (χ3n) is 2.30. The summed E-state index contributed by atoms with van der Waals surface area (Å²) >= 11 is 0. The zero-order valence-electron chi connectivity index (χ0n) is 8.49.